The summed E-state index contributed by atoms with van der Waals surface area (Å²) in [6.45, 7) is 8.08. The van der Waals surface area contributed by atoms with E-state index in [1.807, 2.05) is 32.0 Å². The van der Waals surface area contributed by atoms with Gasteiger partial charge in [-0.15, -0.1) is 0 Å². The van der Waals surface area contributed by atoms with Crippen molar-refractivity contribution in [1.82, 2.24) is 10.6 Å². The fourth-order valence-electron chi connectivity index (χ4n) is 2.82. The predicted octanol–water partition coefficient (Wildman–Crippen LogP) is 4.25. The molecule has 0 saturated heterocycles. The van der Waals surface area contributed by atoms with Gasteiger partial charge in [0, 0.05) is 6.54 Å². The molecule has 1 amide bonds. The van der Waals surface area contributed by atoms with Crippen LogP contribution in [0.1, 0.15) is 45.2 Å². The maximum absolute atomic E-state index is 13.5. The molecule has 170 valence electrons. The molecule has 0 spiro atoms. The van der Waals surface area contributed by atoms with Gasteiger partial charge in [0.15, 0.2) is 23.1 Å². The second-order valence-corrected chi connectivity index (χ2v) is 7.15. The summed E-state index contributed by atoms with van der Waals surface area (Å²) < 4.78 is 30.4. The van der Waals surface area contributed by atoms with E-state index in [9.17, 15) is 9.18 Å². The highest BCUT2D eigenvalue weighted by Crippen LogP contribution is 2.31. The summed E-state index contributed by atoms with van der Waals surface area (Å²) >= 11 is 0. The fraction of sp³-hybridized carbons (Fsp3) is 0.458. The lowest BCUT2D eigenvalue weighted by atomic mass is 10.1. The topological polar surface area (TPSA) is 68.8 Å². The lowest BCUT2D eigenvalue weighted by molar-refractivity contribution is -0.120. The Morgan fingerprint density at radius 1 is 0.935 bits per heavy atom. The molecule has 0 aromatic heterocycles. The summed E-state index contributed by atoms with van der Waals surface area (Å²) in [6.07, 6.45) is 1.82. The molecule has 0 saturated carbocycles. The number of rotatable bonds is 14. The maximum Gasteiger partial charge on any atom is 0.234 e. The van der Waals surface area contributed by atoms with Crippen molar-refractivity contribution in [2.75, 3.05) is 32.9 Å². The van der Waals surface area contributed by atoms with Crippen molar-refractivity contribution in [3.8, 4) is 17.2 Å². The number of halogens is 1. The first-order chi connectivity index (χ1) is 15.0. The zero-order chi connectivity index (χ0) is 22.5. The number of carbonyl (C=O) groups is 1. The van der Waals surface area contributed by atoms with Gasteiger partial charge in [0.25, 0.3) is 0 Å². The van der Waals surface area contributed by atoms with E-state index >= 15 is 0 Å². The van der Waals surface area contributed by atoms with Crippen LogP contribution in [0.2, 0.25) is 0 Å². The quantitative estimate of drug-likeness (QED) is 0.437. The summed E-state index contributed by atoms with van der Waals surface area (Å²) in [5.74, 6) is 1.07. The van der Waals surface area contributed by atoms with E-state index in [-0.39, 0.29) is 30.9 Å². The van der Waals surface area contributed by atoms with Crippen LogP contribution in [-0.4, -0.2) is 38.8 Å². The molecule has 0 heterocycles. The monoisotopic (exact) mass is 432 g/mol. The van der Waals surface area contributed by atoms with E-state index in [2.05, 4.69) is 17.6 Å². The number of carbonyl (C=O) groups excluding carboxylic acids is 1. The highest BCUT2D eigenvalue weighted by molar-refractivity contribution is 5.78. The fourth-order valence-corrected chi connectivity index (χ4v) is 2.82. The van der Waals surface area contributed by atoms with Crippen molar-refractivity contribution in [3.05, 3.63) is 53.8 Å². The summed E-state index contributed by atoms with van der Waals surface area (Å²) in [5.41, 5.74) is 0.936. The largest absolute Gasteiger partial charge is 0.490 e. The first kappa shape index (κ1) is 24.5. The number of nitrogens with one attached hydrogen (secondary N) is 2. The number of para-hydroxylation sites is 1. The lowest BCUT2D eigenvalue weighted by Crippen LogP contribution is -2.36. The number of amides is 1. The van der Waals surface area contributed by atoms with E-state index in [4.69, 9.17) is 14.2 Å². The van der Waals surface area contributed by atoms with Crippen LogP contribution in [0, 0.1) is 5.82 Å². The van der Waals surface area contributed by atoms with Crippen LogP contribution in [-0.2, 0) is 4.79 Å². The first-order valence-corrected chi connectivity index (χ1v) is 10.8. The van der Waals surface area contributed by atoms with Gasteiger partial charge in [-0.05, 0) is 49.6 Å². The number of hydrogen-bond acceptors (Lipinski definition) is 5. The Morgan fingerprint density at radius 3 is 2.32 bits per heavy atom. The van der Waals surface area contributed by atoms with Crippen molar-refractivity contribution in [3.63, 3.8) is 0 Å². The van der Waals surface area contributed by atoms with Gasteiger partial charge in [0.2, 0.25) is 5.91 Å². The van der Waals surface area contributed by atoms with Gasteiger partial charge in [-0.2, -0.15) is 0 Å². The number of benzene rings is 2. The molecule has 7 heteroatoms. The Balaban J connectivity index is 1.79. The molecular formula is C24H33FN2O4. The molecule has 0 aliphatic rings. The van der Waals surface area contributed by atoms with E-state index in [1.54, 1.807) is 18.2 Å². The molecule has 6 nitrogen and oxygen atoms in total. The number of hydrogen-bond donors (Lipinski definition) is 2. The molecule has 2 rings (SSSR count). The van der Waals surface area contributed by atoms with Crippen LogP contribution in [0.15, 0.2) is 42.5 Å². The van der Waals surface area contributed by atoms with Crippen LogP contribution < -0.4 is 24.8 Å². The molecular weight excluding hydrogens is 399 g/mol. The molecule has 0 aliphatic carbocycles. The van der Waals surface area contributed by atoms with Crippen LogP contribution in [0.4, 0.5) is 4.39 Å². The van der Waals surface area contributed by atoms with Crippen LogP contribution in [0.3, 0.4) is 0 Å². The Bertz CT molecular complexity index is 816. The van der Waals surface area contributed by atoms with Gasteiger partial charge >= 0.3 is 0 Å². The SMILES string of the molecule is CCCOc1ccc(C(C)NC(=O)CNCCOc2ccccc2F)cc1OCCC. The molecule has 0 bridgehead atoms. The highest BCUT2D eigenvalue weighted by atomic mass is 19.1. The number of ether oxygens (including phenoxy) is 3. The minimum Gasteiger partial charge on any atom is -0.490 e. The van der Waals surface area contributed by atoms with Gasteiger partial charge in [0.1, 0.15) is 6.61 Å². The predicted molar refractivity (Wildman–Crippen MR) is 119 cm³/mol. The third kappa shape index (κ3) is 8.45. The van der Waals surface area contributed by atoms with Crippen molar-refractivity contribution in [1.29, 1.82) is 0 Å². The minimum absolute atomic E-state index is 0.138. The van der Waals surface area contributed by atoms with Gasteiger partial charge in [-0.1, -0.05) is 32.0 Å². The Hall–Kier alpha value is -2.80. The zero-order valence-corrected chi connectivity index (χ0v) is 18.6. The molecule has 1 atom stereocenters. The van der Waals surface area contributed by atoms with Crippen LogP contribution in [0.25, 0.3) is 0 Å². The van der Waals surface area contributed by atoms with Crippen molar-refractivity contribution in [2.45, 2.75) is 39.7 Å². The second kappa shape index (κ2) is 13.5. The zero-order valence-electron chi connectivity index (χ0n) is 18.6. The highest BCUT2D eigenvalue weighted by Gasteiger charge is 2.13. The van der Waals surface area contributed by atoms with Crippen LogP contribution in [0.5, 0.6) is 17.2 Å². The normalized spacial score (nSPS) is 11.6. The molecule has 1 unspecified atom stereocenters. The van der Waals surface area contributed by atoms with Crippen molar-refractivity contribution < 1.29 is 23.4 Å². The Kier molecular flexibility index (Phi) is 10.6. The maximum atomic E-state index is 13.5. The van der Waals surface area contributed by atoms with Gasteiger partial charge in [-0.25, -0.2) is 4.39 Å². The Morgan fingerprint density at radius 2 is 1.61 bits per heavy atom. The van der Waals surface area contributed by atoms with E-state index in [0.717, 1.165) is 18.4 Å². The molecule has 2 N–H and O–H groups in total. The van der Waals surface area contributed by atoms with Gasteiger partial charge in [-0.3, -0.25) is 4.79 Å². The Labute approximate surface area is 184 Å². The third-order valence-electron chi connectivity index (χ3n) is 4.43. The molecule has 31 heavy (non-hydrogen) atoms. The molecule has 2 aromatic carbocycles. The summed E-state index contributed by atoms with van der Waals surface area (Å²) in [6, 6.07) is 11.8. The van der Waals surface area contributed by atoms with Gasteiger partial charge in [0.05, 0.1) is 25.8 Å². The van der Waals surface area contributed by atoms with Crippen molar-refractivity contribution in [2.24, 2.45) is 0 Å². The van der Waals surface area contributed by atoms with E-state index in [1.165, 1.54) is 6.07 Å². The molecule has 2 aromatic rings. The van der Waals surface area contributed by atoms with Gasteiger partial charge < -0.3 is 24.8 Å². The third-order valence-corrected chi connectivity index (χ3v) is 4.43. The average molecular weight is 433 g/mol. The van der Waals surface area contributed by atoms with Crippen molar-refractivity contribution >= 4 is 5.91 Å². The second-order valence-electron chi connectivity index (χ2n) is 7.15. The summed E-state index contributed by atoms with van der Waals surface area (Å²) in [4.78, 5) is 12.2. The summed E-state index contributed by atoms with van der Waals surface area (Å²) in [7, 11) is 0. The minimum atomic E-state index is -0.400. The first-order valence-electron chi connectivity index (χ1n) is 10.8. The lowest BCUT2D eigenvalue weighted by Gasteiger charge is -2.18. The van der Waals surface area contributed by atoms with Crippen LogP contribution >= 0.6 is 0 Å². The summed E-state index contributed by atoms with van der Waals surface area (Å²) in [5, 5.41) is 5.96. The standard InChI is InChI=1S/C24H33FN2O4/c1-4-13-29-22-11-10-19(16-23(22)30-14-5-2)18(3)27-24(28)17-26-12-15-31-21-9-7-6-8-20(21)25/h6-11,16,18,26H,4-5,12-15,17H2,1-3H3,(H,27,28). The smallest absolute Gasteiger partial charge is 0.234 e. The molecule has 0 fully saturated rings. The average Bonchev–Trinajstić information content (AvgIpc) is 2.77. The molecule has 0 radical (unpaired) electrons. The van der Waals surface area contributed by atoms with E-state index in [0.29, 0.717) is 31.3 Å². The van der Waals surface area contributed by atoms with E-state index < -0.39 is 5.82 Å². The molecule has 0 aliphatic heterocycles.